The number of amides is 1. The number of nitrogens with one attached hydrogen (secondary N) is 1. The number of Topliss-reactive ketones (excluding diaryl/α,β-unsaturated/α-hetero) is 1. The average Bonchev–Trinajstić information content (AvgIpc) is 2.77. The van der Waals surface area contributed by atoms with Crippen LogP contribution in [0.2, 0.25) is 0 Å². The third-order valence-corrected chi connectivity index (χ3v) is 5.95. The van der Waals surface area contributed by atoms with Crippen molar-refractivity contribution in [2.45, 2.75) is 51.2 Å². The van der Waals surface area contributed by atoms with Gasteiger partial charge in [-0.25, -0.2) is 4.98 Å². The first-order chi connectivity index (χ1) is 15.0. The van der Waals surface area contributed by atoms with Crippen LogP contribution < -0.4 is 10.9 Å². The number of para-hydroxylation sites is 1. The maximum atomic E-state index is 13.0. The third-order valence-electron chi connectivity index (χ3n) is 4.97. The quantitative estimate of drug-likeness (QED) is 0.211. The molecule has 3 rings (SSSR count). The lowest BCUT2D eigenvalue weighted by atomic mass is 10.1. The van der Waals surface area contributed by atoms with Gasteiger partial charge in [0.05, 0.1) is 16.7 Å². The third kappa shape index (κ3) is 6.04. The lowest BCUT2D eigenvalue weighted by molar-refractivity contribution is -0.113. The molecule has 1 N–H and O–H groups in total. The molecule has 0 saturated heterocycles. The fraction of sp³-hybridized carbons (Fsp3) is 0.333. The van der Waals surface area contributed by atoms with Gasteiger partial charge in [-0.15, -0.1) is 0 Å². The number of ketones is 1. The SMILES string of the molecule is CCCCCCn1c(SCC(=O)Nc2ccc(C(C)=O)cc2)nc2ccccc2c1=O. The van der Waals surface area contributed by atoms with Gasteiger partial charge in [0.25, 0.3) is 5.56 Å². The van der Waals surface area contributed by atoms with Gasteiger partial charge < -0.3 is 5.32 Å². The molecular weight excluding hydrogens is 410 g/mol. The number of nitrogens with zero attached hydrogens (tertiary/aromatic N) is 2. The second-order valence-corrected chi connectivity index (χ2v) is 8.34. The van der Waals surface area contributed by atoms with Crippen LogP contribution in [0.4, 0.5) is 5.69 Å². The smallest absolute Gasteiger partial charge is 0.262 e. The van der Waals surface area contributed by atoms with Crippen LogP contribution in [0.25, 0.3) is 10.9 Å². The Labute approximate surface area is 186 Å². The molecule has 0 atom stereocenters. The van der Waals surface area contributed by atoms with E-state index in [9.17, 15) is 14.4 Å². The van der Waals surface area contributed by atoms with E-state index in [0.717, 1.165) is 25.7 Å². The number of carbonyl (C=O) groups is 2. The molecule has 0 radical (unpaired) electrons. The topological polar surface area (TPSA) is 81.1 Å². The Kier molecular flexibility index (Phi) is 8.00. The predicted molar refractivity (Wildman–Crippen MR) is 126 cm³/mol. The Bertz CT molecular complexity index is 1120. The highest BCUT2D eigenvalue weighted by Gasteiger charge is 2.13. The zero-order chi connectivity index (χ0) is 22.2. The number of thioether (sulfide) groups is 1. The molecule has 6 nitrogen and oxygen atoms in total. The molecule has 1 amide bonds. The molecule has 0 spiro atoms. The van der Waals surface area contributed by atoms with Gasteiger partial charge >= 0.3 is 0 Å². The molecule has 7 heteroatoms. The highest BCUT2D eigenvalue weighted by atomic mass is 32.2. The highest BCUT2D eigenvalue weighted by molar-refractivity contribution is 7.99. The summed E-state index contributed by atoms with van der Waals surface area (Å²) in [4.78, 5) is 41.5. The van der Waals surface area contributed by atoms with Crippen molar-refractivity contribution in [3.05, 3.63) is 64.4 Å². The van der Waals surface area contributed by atoms with E-state index in [0.29, 0.717) is 33.9 Å². The molecule has 0 saturated carbocycles. The molecule has 0 fully saturated rings. The fourth-order valence-corrected chi connectivity index (χ4v) is 4.09. The summed E-state index contributed by atoms with van der Waals surface area (Å²) in [5, 5.41) is 3.98. The van der Waals surface area contributed by atoms with Crippen LogP contribution in [0.1, 0.15) is 49.9 Å². The summed E-state index contributed by atoms with van der Waals surface area (Å²) < 4.78 is 1.69. The van der Waals surface area contributed by atoms with Crippen molar-refractivity contribution in [1.82, 2.24) is 9.55 Å². The minimum absolute atomic E-state index is 0.0206. The second kappa shape index (κ2) is 10.9. The van der Waals surface area contributed by atoms with Gasteiger partial charge in [0, 0.05) is 17.8 Å². The molecule has 0 aliphatic rings. The van der Waals surface area contributed by atoms with E-state index in [-0.39, 0.29) is 23.0 Å². The summed E-state index contributed by atoms with van der Waals surface area (Å²) in [6.07, 6.45) is 4.20. The van der Waals surface area contributed by atoms with Gasteiger partial charge in [-0.3, -0.25) is 19.0 Å². The van der Waals surface area contributed by atoms with E-state index < -0.39 is 0 Å². The number of hydrogen-bond acceptors (Lipinski definition) is 5. The van der Waals surface area contributed by atoms with Crippen molar-refractivity contribution in [3.8, 4) is 0 Å². The van der Waals surface area contributed by atoms with E-state index >= 15 is 0 Å². The first kappa shape index (κ1) is 22.7. The van der Waals surface area contributed by atoms with E-state index in [1.165, 1.54) is 18.7 Å². The maximum Gasteiger partial charge on any atom is 0.262 e. The predicted octanol–water partition coefficient (Wildman–Crippen LogP) is 4.91. The van der Waals surface area contributed by atoms with Crippen molar-refractivity contribution in [2.24, 2.45) is 0 Å². The Morgan fingerprint density at radius 1 is 1.03 bits per heavy atom. The minimum atomic E-state index is -0.194. The first-order valence-electron chi connectivity index (χ1n) is 10.5. The second-order valence-electron chi connectivity index (χ2n) is 7.40. The lowest BCUT2D eigenvalue weighted by Crippen LogP contribution is -2.24. The molecule has 2 aromatic carbocycles. The molecule has 31 heavy (non-hydrogen) atoms. The Morgan fingerprint density at radius 3 is 2.48 bits per heavy atom. The summed E-state index contributed by atoms with van der Waals surface area (Å²) >= 11 is 1.26. The van der Waals surface area contributed by atoms with Crippen molar-refractivity contribution in [1.29, 1.82) is 0 Å². The Balaban J connectivity index is 1.73. The van der Waals surface area contributed by atoms with Crippen molar-refractivity contribution >= 4 is 40.0 Å². The van der Waals surface area contributed by atoms with Gasteiger partial charge in [0.15, 0.2) is 10.9 Å². The lowest BCUT2D eigenvalue weighted by Gasteiger charge is -2.13. The zero-order valence-electron chi connectivity index (χ0n) is 17.9. The van der Waals surface area contributed by atoms with Crippen LogP contribution in [-0.4, -0.2) is 27.0 Å². The Morgan fingerprint density at radius 2 is 1.77 bits per heavy atom. The van der Waals surface area contributed by atoms with Crippen LogP contribution in [0.15, 0.2) is 58.5 Å². The number of hydrogen-bond donors (Lipinski definition) is 1. The zero-order valence-corrected chi connectivity index (χ0v) is 18.7. The average molecular weight is 438 g/mol. The van der Waals surface area contributed by atoms with Gasteiger partial charge in [0.1, 0.15) is 0 Å². The van der Waals surface area contributed by atoms with Crippen molar-refractivity contribution in [3.63, 3.8) is 0 Å². The van der Waals surface area contributed by atoms with E-state index in [4.69, 9.17) is 0 Å². The molecule has 0 aliphatic heterocycles. The number of rotatable bonds is 10. The fourth-order valence-electron chi connectivity index (χ4n) is 3.27. The number of unbranched alkanes of at least 4 members (excludes halogenated alkanes) is 3. The van der Waals surface area contributed by atoms with Crippen LogP contribution >= 0.6 is 11.8 Å². The number of carbonyl (C=O) groups excluding carboxylic acids is 2. The number of benzene rings is 2. The molecule has 0 bridgehead atoms. The van der Waals surface area contributed by atoms with Gasteiger partial charge in [-0.05, 0) is 49.7 Å². The summed E-state index contributed by atoms with van der Waals surface area (Å²) in [5.74, 6) is -0.0815. The highest BCUT2D eigenvalue weighted by Crippen LogP contribution is 2.19. The Hall–Kier alpha value is -2.93. The van der Waals surface area contributed by atoms with Crippen molar-refractivity contribution in [2.75, 3.05) is 11.1 Å². The first-order valence-corrected chi connectivity index (χ1v) is 11.5. The molecule has 0 aliphatic carbocycles. The van der Waals surface area contributed by atoms with Crippen molar-refractivity contribution < 1.29 is 9.59 Å². The van der Waals surface area contributed by atoms with Crippen LogP contribution in [0, 0.1) is 0 Å². The number of anilines is 1. The molecule has 3 aromatic rings. The van der Waals surface area contributed by atoms with E-state index in [1.807, 2.05) is 18.2 Å². The maximum absolute atomic E-state index is 13.0. The van der Waals surface area contributed by atoms with E-state index in [2.05, 4.69) is 17.2 Å². The molecule has 162 valence electrons. The van der Waals surface area contributed by atoms with E-state index in [1.54, 1.807) is 34.9 Å². The molecule has 1 aromatic heterocycles. The van der Waals surface area contributed by atoms with Crippen LogP contribution in [0.5, 0.6) is 0 Å². The van der Waals surface area contributed by atoms with Crippen LogP contribution in [-0.2, 0) is 11.3 Å². The number of fused-ring (bicyclic) bond motifs is 1. The summed E-state index contributed by atoms with van der Waals surface area (Å²) in [6.45, 7) is 4.24. The monoisotopic (exact) mass is 437 g/mol. The van der Waals surface area contributed by atoms with Gasteiger partial charge in [-0.2, -0.15) is 0 Å². The molecular formula is C24H27N3O3S. The largest absolute Gasteiger partial charge is 0.325 e. The summed E-state index contributed by atoms with van der Waals surface area (Å²) in [5.41, 5.74) is 1.80. The summed E-state index contributed by atoms with van der Waals surface area (Å²) in [6, 6.07) is 14.1. The van der Waals surface area contributed by atoms with Gasteiger partial charge in [0.2, 0.25) is 5.91 Å². The normalized spacial score (nSPS) is 10.9. The molecule has 1 heterocycles. The summed E-state index contributed by atoms with van der Waals surface area (Å²) in [7, 11) is 0. The number of aromatic nitrogens is 2. The van der Waals surface area contributed by atoms with Crippen LogP contribution in [0.3, 0.4) is 0 Å². The van der Waals surface area contributed by atoms with Gasteiger partial charge in [-0.1, -0.05) is 50.1 Å². The molecule has 0 unspecified atom stereocenters. The minimum Gasteiger partial charge on any atom is -0.325 e. The standard InChI is InChI=1S/C24H27N3O3S/c1-3-4-5-8-15-27-23(30)20-9-6-7-10-21(20)26-24(27)31-16-22(29)25-19-13-11-18(12-14-19)17(2)28/h6-7,9-14H,3-5,8,15-16H2,1-2H3,(H,25,29).